The van der Waals surface area contributed by atoms with E-state index >= 15 is 0 Å². The Hall–Kier alpha value is -1.99. The molecule has 2 aromatic rings. The Bertz CT molecular complexity index is 841. The van der Waals surface area contributed by atoms with E-state index in [9.17, 15) is 9.59 Å². The topological polar surface area (TPSA) is 75.2 Å². The molecule has 8 heteroatoms. The van der Waals surface area contributed by atoms with Gasteiger partial charge in [0.1, 0.15) is 5.01 Å². The summed E-state index contributed by atoms with van der Waals surface area (Å²) in [5.74, 6) is -0.0203. The van der Waals surface area contributed by atoms with Crippen molar-refractivity contribution >= 4 is 39.9 Å². The average Bonchev–Trinajstić information content (AvgIpc) is 3.24. The number of amides is 2. The number of benzene rings is 1. The lowest BCUT2D eigenvalue weighted by molar-refractivity contribution is -0.133. The molecule has 1 heterocycles. The predicted octanol–water partition coefficient (Wildman–Crippen LogP) is 6.56. The van der Waals surface area contributed by atoms with Gasteiger partial charge in [-0.05, 0) is 31.9 Å². The van der Waals surface area contributed by atoms with Crippen molar-refractivity contribution in [3.63, 3.8) is 0 Å². The highest BCUT2D eigenvalue weighted by molar-refractivity contribution is 7.18. The fourth-order valence-electron chi connectivity index (χ4n) is 3.40. The summed E-state index contributed by atoms with van der Waals surface area (Å²) in [6, 6.07) is 7.44. The van der Waals surface area contributed by atoms with Gasteiger partial charge in [-0.2, -0.15) is 0 Å². The zero-order valence-corrected chi connectivity index (χ0v) is 21.0. The Kier molecular flexibility index (Phi) is 11.7. The molecule has 0 saturated carbocycles. The molecule has 1 N–H and O–H groups in total. The SMILES string of the molecule is CCCCCCCCC(=O)N(CCC(=O)Nc1nnc(-c2ccc(Cl)cc2)s1)[C@@H](C)CC. The zero-order chi connectivity index (χ0) is 23.3. The molecule has 0 aliphatic carbocycles. The predicted molar refractivity (Wildman–Crippen MR) is 133 cm³/mol. The highest BCUT2D eigenvalue weighted by Crippen LogP contribution is 2.27. The normalized spacial score (nSPS) is 11.9. The first-order valence-corrected chi connectivity index (χ1v) is 12.8. The number of anilines is 1. The summed E-state index contributed by atoms with van der Waals surface area (Å²) in [5.41, 5.74) is 0.899. The summed E-state index contributed by atoms with van der Waals surface area (Å²) in [5, 5.41) is 12.8. The van der Waals surface area contributed by atoms with Gasteiger partial charge in [-0.1, -0.05) is 81.0 Å². The maximum absolute atomic E-state index is 12.8. The zero-order valence-electron chi connectivity index (χ0n) is 19.4. The van der Waals surface area contributed by atoms with E-state index in [2.05, 4.69) is 29.4 Å². The number of nitrogens with zero attached hydrogens (tertiary/aromatic N) is 3. The Morgan fingerprint density at radius 2 is 1.72 bits per heavy atom. The molecule has 176 valence electrons. The van der Waals surface area contributed by atoms with Crippen molar-refractivity contribution < 1.29 is 9.59 Å². The molecule has 6 nitrogen and oxygen atoms in total. The van der Waals surface area contributed by atoms with Crippen molar-refractivity contribution in [1.29, 1.82) is 0 Å². The standard InChI is InChI=1S/C24H35ClN4O2S/c1-4-6-7-8-9-10-11-22(31)29(18(3)5-2)17-16-21(30)26-24-28-27-23(32-24)19-12-14-20(25)15-13-19/h12-15,18H,4-11,16-17H2,1-3H3,(H,26,28,30)/t18-/m0/s1. The van der Waals surface area contributed by atoms with Gasteiger partial charge < -0.3 is 10.2 Å². The van der Waals surface area contributed by atoms with E-state index in [1.807, 2.05) is 24.0 Å². The Labute approximate surface area is 200 Å². The highest BCUT2D eigenvalue weighted by atomic mass is 35.5. The number of rotatable bonds is 14. The third kappa shape index (κ3) is 8.87. The summed E-state index contributed by atoms with van der Waals surface area (Å²) in [4.78, 5) is 27.1. The molecule has 0 fully saturated rings. The Morgan fingerprint density at radius 1 is 1.03 bits per heavy atom. The van der Waals surface area contributed by atoms with Gasteiger partial charge in [0.2, 0.25) is 16.9 Å². The first kappa shape index (κ1) is 26.3. The first-order chi connectivity index (χ1) is 15.4. The minimum Gasteiger partial charge on any atom is -0.339 e. The van der Waals surface area contributed by atoms with Gasteiger partial charge >= 0.3 is 0 Å². The van der Waals surface area contributed by atoms with Gasteiger partial charge in [-0.3, -0.25) is 9.59 Å². The van der Waals surface area contributed by atoms with Crippen LogP contribution in [0.3, 0.4) is 0 Å². The van der Waals surface area contributed by atoms with Crippen LogP contribution in [0.1, 0.15) is 78.6 Å². The van der Waals surface area contributed by atoms with Gasteiger partial charge in [0.25, 0.3) is 0 Å². The van der Waals surface area contributed by atoms with Crippen LogP contribution < -0.4 is 5.32 Å². The second-order valence-electron chi connectivity index (χ2n) is 8.08. The number of nitrogens with one attached hydrogen (secondary N) is 1. The molecular formula is C24H35ClN4O2S. The number of carbonyl (C=O) groups is 2. The molecule has 1 aromatic carbocycles. The second kappa shape index (κ2) is 14.2. The number of hydrogen-bond donors (Lipinski definition) is 1. The molecule has 2 rings (SSSR count). The summed E-state index contributed by atoms with van der Waals surface area (Å²) in [6.45, 7) is 6.72. The molecule has 0 radical (unpaired) electrons. The number of unbranched alkanes of at least 4 members (excludes halogenated alkanes) is 5. The lowest BCUT2D eigenvalue weighted by Gasteiger charge is -2.28. The minimum atomic E-state index is -0.163. The molecule has 1 atom stereocenters. The molecule has 2 amide bonds. The van der Waals surface area contributed by atoms with Crippen molar-refractivity contribution in [1.82, 2.24) is 15.1 Å². The molecule has 0 bridgehead atoms. The fraction of sp³-hybridized carbons (Fsp3) is 0.583. The van der Waals surface area contributed by atoms with E-state index < -0.39 is 0 Å². The van der Waals surface area contributed by atoms with Crippen molar-refractivity contribution in [2.75, 3.05) is 11.9 Å². The minimum absolute atomic E-state index is 0.119. The maximum atomic E-state index is 12.8. The van der Waals surface area contributed by atoms with E-state index in [4.69, 9.17) is 11.6 Å². The van der Waals surface area contributed by atoms with E-state index in [1.165, 1.54) is 37.0 Å². The Balaban J connectivity index is 1.82. The van der Waals surface area contributed by atoms with Crippen LogP contribution in [0.5, 0.6) is 0 Å². The molecule has 0 aliphatic rings. The van der Waals surface area contributed by atoms with Gasteiger partial charge in [0.05, 0.1) is 0 Å². The van der Waals surface area contributed by atoms with Gasteiger partial charge in [-0.25, -0.2) is 0 Å². The van der Waals surface area contributed by atoms with E-state index in [-0.39, 0.29) is 24.3 Å². The average molecular weight is 479 g/mol. The molecule has 1 aromatic heterocycles. The molecular weight excluding hydrogens is 444 g/mol. The molecule has 0 unspecified atom stereocenters. The van der Waals surface area contributed by atoms with Crippen molar-refractivity contribution in [3.8, 4) is 10.6 Å². The smallest absolute Gasteiger partial charge is 0.227 e. The van der Waals surface area contributed by atoms with Crippen molar-refractivity contribution in [2.45, 2.75) is 84.6 Å². The second-order valence-corrected chi connectivity index (χ2v) is 9.49. The quantitative estimate of drug-likeness (QED) is 0.312. The number of aromatic nitrogens is 2. The van der Waals surface area contributed by atoms with E-state index in [0.717, 1.165) is 24.8 Å². The van der Waals surface area contributed by atoms with Crippen LogP contribution >= 0.6 is 22.9 Å². The Morgan fingerprint density at radius 3 is 2.41 bits per heavy atom. The third-order valence-corrected chi connectivity index (χ3v) is 6.67. The van der Waals surface area contributed by atoms with Gasteiger partial charge in [0, 0.05) is 36.0 Å². The number of carbonyl (C=O) groups excluding carboxylic acids is 2. The van der Waals surface area contributed by atoms with Crippen LogP contribution in [-0.4, -0.2) is 39.5 Å². The van der Waals surface area contributed by atoms with Crippen LogP contribution in [0, 0.1) is 0 Å². The first-order valence-electron chi connectivity index (χ1n) is 11.6. The molecule has 0 saturated heterocycles. The molecule has 32 heavy (non-hydrogen) atoms. The van der Waals surface area contributed by atoms with Crippen LogP contribution in [0.4, 0.5) is 5.13 Å². The highest BCUT2D eigenvalue weighted by Gasteiger charge is 2.20. The van der Waals surface area contributed by atoms with Crippen LogP contribution in [0.2, 0.25) is 5.02 Å². The molecule has 0 aliphatic heterocycles. The van der Waals surface area contributed by atoms with Crippen molar-refractivity contribution in [3.05, 3.63) is 29.3 Å². The third-order valence-electron chi connectivity index (χ3n) is 5.53. The summed E-state index contributed by atoms with van der Waals surface area (Å²) >= 11 is 7.24. The summed E-state index contributed by atoms with van der Waals surface area (Å²) in [7, 11) is 0. The lowest BCUT2D eigenvalue weighted by atomic mass is 10.1. The summed E-state index contributed by atoms with van der Waals surface area (Å²) in [6.07, 6.45) is 8.58. The molecule has 0 spiro atoms. The van der Waals surface area contributed by atoms with Gasteiger partial charge in [-0.15, -0.1) is 10.2 Å². The lowest BCUT2D eigenvalue weighted by Crippen LogP contribution is -2.40. The van der Waals surface area contributed by atoms with Gasteiger partial charge in [0.15, 0.2) is 0 Å². The van der Waals surface area contributed by atoms with Crippen LogP contribution in [0.15, 0.2) is 24.3 Å². The van der Waals surface area contributed by atoms with E-state index in [1.54, 1.807) is 12.1 Å². The monoisotopic (exact) mass is 478 g/mol. The summed E-state index contributed by atoms with van der Waals surface area (Å²) < 4.78 is 0. The largest absolute Gasteiger partial charge is 0.339 e. The fourth-order valence-corrected chi connectivity index (χ4v) is 4.29. The maximum Gasteiger partial charge on any atom is 0.227 e. The van der Waals surface area contributed by atoms with Crippen LogP contribution in [0.25, 0.3) is 10.6 Å². The van der Waals surface area contributed by atoms with Crippen LogP contribution in [-0.2, 0) is 9.59 Å². The van der Waals surface area contributed by atoms with E-state index in [0.29, 0.717) is 28.1 Å². The number of halogens is 1. The number of hydrogen-bond acceptors (Lipinski definition) is 5. The van der Waals surface area contributed by atoms with Crippen molar-refractivity contribution in [2.24, 2.45) is 0 Å².